The summed E-state index contributed by atoms with van der Waals surface area (Å²) < 4.78 is 54.9. The lowest BCUT2D eigenvalue weighted by atomic mass is 10.2. The first-order chi connectivity index (χ1) is 13.2. The summed E-state index contributed by atoms with van der Waals surface area (Å²) in [6, 6.07) is 6.76. The summed E-state index contributed by atoms with van der Waals surface area (Å²) >= 11 is 0.914. The van der Waals surface area contributed by atoms with Crippen molar-refractivity contribution in [3.8, 4) is 11.5 Å². The van der Waals surface area contributed by atoms with Gasteiger partial charge in [-0.25, -0.2) is 21.6 Å². The molecule has 2 rings (SSSR count). The number of hydrogen-bond donors (Lipinski definition) is 1. The molecule has 1 aromatic carbocycles. The van der Waals surface area contributed by atoms with Crippen molar-refractivity contribution in [1.29, 1.82) is 0 Å². The van der Waals surface area contributed by atoms with Crippen LogP contribution in [0.5, 0.6) is 0 Å². The number of carbonyl (C=O) groups excluding carboxylic acids is 1. The summed E-state index contributed by atoms with van der Waals surface area (Å²) in [5.74, 6) is 2.91. The highest BCUT2D eigenvalue weighted by molar-refractivity contribution is 7.93. The van der Waals surface area contributed by atoms with Crippen molar-refractivity contribution in [2.24, 2.45) is 5.73 Å². The van der Waals surface area contributed by atoms with Crippen molar-refractivity contribution in [3.63, 3.8) is 0 Å². The molecule has 0 aliphatic rings. The van der Waals surface area contributed by atoms with E-state index < -0.39 is 33.8 Å². The second kappa shape index (κ2) is 8.31. The molecule has 29 heavy (non-hydrogen) atoms. The summed E-state index contributed by atoms with van der Waals surface area (Å²) in [7, 11) is -9.39. The second-order valence-electron chi connectivity index (χ2n) is 7.30. The first kappa shape index (κ1) is 23.1. The van der Waals surface area contributed by atoms with E-state index in [0.29, 0.717) is 10.4 Å². The van der Waals surface area contributed by atoms with Crippen molar-refractivity contribution in [3.05, 3.63) is 40.8 Å². The second-order valence-corrected chi connectivity index (χ2v) is 17.4. The standard InChI is InChI=1S/C18H21NO6S3Si/c1-27(21,22)15-9-13(7-8-29(2,3)4)10-16(11-15)28(23,24)17-6-5-14(26-17)12-25-18(19)20/h5-6,9-11H,12H2,1-4H3,(H2,19,20). The van der Waals surface area contributed by atoms with Crippen molar-refractivity contribution >= 4 is 45.2 Å². The molecular weight excluding hydrogens is 450 g/mol. The average Bonchev–Trinajstić information content (AvgIpc) is 3.06. The van der Waals surface area contributed by atoms with Crippen LogP contribution in [0.15, 0.2) is 44.3 Å². The van der Waals surface area contributed by atoms with Gasteiger partial charge in [0.25, 0.3) is 0 Å². The Balaban J connectivity index is 2.56. The van der Waals surface area contributed by atoms with Gasteiger partial charge in [-0.1, -0.05) is 25.6 Å². The van der Waals surface area contributed by atoms with Crippen molar-refractivity contribution < 1.29 is 26.4 Å². The third-order valence-corrected chi connectivity index (χ3v) is 8.71. The highest BCUT2D eigenvalue weighted by Crippen LogP contribution is 2.30. The molecule has 0 saturated heterocycles. The molecule has 7 nitrogen and oxygen atoms in total. The van der Waals surface area contributed by atoms with E-state index >= 15 is 0 Å². The first-order valence-corrected chi connectivity index (χ1v) is 16.0. The topological polar surface area (TPSA) is 121 Å². The number of nitrogens with two attached hydrogens (primary N) is 1. The molecule has 1 amide bonds. The van der Waals surface area contributed by atoms with Crippen molar-refractivity contribution in [2.75, 3.05) is 6.26 Å². The van der Waals surface area contributed by atoms with Gasteiger partial charge in [0.2, 0.25) is 9.84 Å². The minimum Gasteiger partial charge on any atom is -0.444 e. The van der Waals surface area contributed by atoms with Crippen LogP contribution >= 0.6 is 11.3 Å². The maximum atomic E-state index is 13.1. The molecule has 0 aliphatic carbocycles. The van der Waals surface area contributed by atoms with E-state index in [1.54, 1.807) is 0 Å². The molecule has 0 fully saturated rings. The summed E-state index contributed by atoms with van der Waals surface area (Å²) in [6.45, 7) is 5.93. The lowest BCUT2D eigenvalue weighted by Gasteiger charge is -2.07. The number of sulfone groups is 2. The molecule has 2 N–H and O–H groups in total. The number of hydrogen-bond acceptors (Lipinski definition) is 7. The SMILES string of the molecule is C[Si](C)(C)C#Cc1cc(S(C)(=O)=O)cc(S(=O)(=O)c2ccc(COC(N)=O)s2)c1. The summed E-state index contributed by atoms with van der Waals surface area (Å²) in [6.07, 6.45) is 0.0491. The summed E-state index contributed by atoms with van der Waals surface area (Å²) in [5, 5.41) is 0. The summed E-state index contributed by atoms with van der Waals surface area (Å²) in [4.78, 5) is 10.9. The number of rotatable bonds is 5. The Morgan fingerprint density at radius 3 is 2.28 bits per heavy atom. The summed E-state index contributed by atoms with van der Waals surface area (Å²) in [5.41, 5.74) is 8.35. The zero-order chi connectivity index (χ0) is 22.0. The van der Waals surface area contributed by atoms with E-state index in [1.807, 2.05) is 19.6 Å². The van der Waals surface area contributed by atoms with Crippen LogP contribution in [0.3, 0.4) is 0 Å². The number of benzene rings is 1. The van der Waals surface area contributed by atoms with Crippen LogP contribution in [-0.4, -0.2) is 37.3 Å². The van der Waals surface area contributed by atoms with Crippen LogP contribution in [0.1, 0.15) is 10.4 Å². The molecule has 11 heteroatoms. The van der Waals surface area contributed by atoms with E-state index in [9.17, 15) is 21.6 Å². The zero-order valence-electron chi connectivity index (χ0n) is 16.3. The Bertz CT molecular complexity index is 1210. The number of primary amides is 1. The minimum absolute atomic E-state index is 0.00433. The molecule has 2 aromatic rings. The lowest BCUT2D eigenvalue weighted by molar-refractivity contribution is 0.151. The number of ether oxygens (including phenoxy) is 1. The molecule has 0 aliphatic heterocycles. The fourth-order valence-electron chi connectivity index (χ4n) is 2.11. The van der Waals surface area contributed by atoms with E-state index in [2.05, 4.69) is 16.2 Å². The van der Waals surface area contributed by atoms with Gasteiger partial charge < -0.3 is 10.5 Å². The van der Waals surface area contributed by atoms with E-state index in [1.165, 1.54) is 24.3 Å². The third-order valence-electron chi connectivity index (χ3n) is 3.46. The van der Waals surface area contributed by atoms with Crippen LogP contribution in [-0.2, 0) is 31.0 Å². The molecule has 0 saturated carbocycles. The fourth-order valence-corrected chi connectivity index (χ4v) is 6.13. The number of carbonyl (C=O) groups is 1. The largest absolute Gasteiger partial charge is 0.444 e. The fraction of sp³-hybridized carbons (Fsp3) is 0.278. The smallest absolute Gasteiger partial charge is 0.404 e. The molecule has 1 aromatic heterocycles. The molecule has 1 heterocycles. The number of amides is 1. The Morgan fingerprint density at radius 1 is 1.10 bits per heavy atom. The van der Waals surface area contributed by atoms with Crippen LogP contribution in [0.25, 0.3) is 0 Å². The molecule has 0 radical (unpaired) electrons. The van der Waals surface area contributed by atoms with Crippen LogP contribution in [0, 0.1) is 11.5 Å². The van der Waals surface area contributed by atoms with Gasteiger partial charge in [0.15, 0.2) is 9.84 Å². The van der Waals surface area contributed by atoms with E-state index in [4.69, 9.17) is 5.73 Å². The van der Waals surface area contributed by atoms with Gasteiger partial charge in [-0.05, 0) is 30.3 Å². The van der Waals surface area contributed by atoms with E-state index in [0.717, 1.165) is 23.7 Å². The van der Waals surface area contributed by atoms with E-state index in [-0.39, 0.29) is 20.6 Å². The first-order valence-electron chi connectivity index (χ1n) is 8.33. The predicted octanol–water partition coefficient (Wildman–Crippen LogP) is 2.81. The molecule has 0 spiro atoms. The van der Waals surface area contributed by atoms with Crippen molar-refractivity contribution in [1.82, 2.24) is 0 Å². The highest BCUT2D eigenvalue weighted by atomic mass is 32.2. The monoisotopic (exact) mass is 471 g/mol. The Kier molecular flexibility index (Phi) is 6.64. The van der Waals surface area contributed by atoms with Crippen LogP contribution in [0.4, 0.5) is 4.79 Å². The molecule has 0 bridgehead atoms. The van der Waals surface area contributed by atoms with Gasteiger partial charge in [0.1, 0.15) is 18.9 Å². The Hall–Kier alpha value is -2.13. The maximum absolute atomic E-state index is 13.1. The Labute approximate surface area is 175 Å². The van der Waals surface area contributed by atoms with Gasteiger partial charge in [-0.15, -0.1) is 16.9 Å². The Morgan fingerprint density at radius 2 is 1.72 bits per heavy atom. The van der Waals surface area contributed by atoms with Crippen LogP contribution in [0.2, 0.25) is 19.6 Å². The third kappa shape index (κ3) is 6.43. The highest BCUT2D eigenvalue weighted by Gasteiger charge is 2.23. The van der Waals surface area contributed by atoms with Gasteiger partial charge in [0, 0.05) is 16.7 Å². The number of thiophene rings is 1. The molecule has 0 unspecified atom stereocenters. The molecule has 0 atom stereocenters. The zero-order valence-corrected chi connectivity index (χ0v) is 19.8. The van der Waals surface area contributed by atoms with Crippen molar-refractivity contribution in [2.45, 2.75) is 40.2 Å². The molecule has 156 valence electrons. The lowest BCUT2D eigenvalue weighted by Crippen LogP contribution is -2.16. The quantitative estimate of drug-likeness (QED) is 0.529. The van der Waals surface area contributed by atoms with Gasteiger partial charge >= 0.3 is 6.09 Å². The predicted molar refractivity (Wildman–Crippen MR) is 114 cm³/mol. The van der Waals surface area contributed by atoms with Gasteiger partial charge in [0.05, 0.1) is 9.79 Å². The normalized spacial score (nSPS) is 12.1. The van der Waals surface area contributed by atoms with Gasteiger partial charge in [-0.2, -0.15) is 0 Å². The molecular formula is C18H21NO6S3Si. The average molecular weight is 472 g/mol. The maximum Gasteiger partial charge on any atom is 0.404 e. The van der Waals surface area contributed by atoms with Crippen LogP contribution < -0.4 is 5.73 Å². The minimum atomic E-state index is -3.99. The van der Waals surface area contributed by atoms with Gasteiger partial charge in [-0.3, -0.25) is 0 Å².